The Morgan fingerprint density at radius 3 is 2.41 bits per heavy atom. The zero-order chi connectivity index (χ0) is 18.7. The molecule has 2 aromatic carbocycles. The maximum Gasteiger partial charge on any atom is 0.229 e. The minimum atomic E-state index is -3.55. The standard InChI is InChI=1S/C20H23N3O3S/c24-27(25,16-17-6-2-1-3-7-17)20-21-18-8-4-5-9-19(18)23(20)11-10-22-12-14-26-15-13-22/h1-9H,10-16H2. The lowest BCUT2D eigenvalue weighted by Gasteiger charge is -2.26. The van der Waals surface area contributed by atoms with Crippen LogP contribution in [0.2, 0.25) is 0 Å². The Balaban J connectivity index is 1.66. The van der Waals surface area contributed by atoms with Crippen LogP contribution in [-0.4, -0.2) is 55.7 Å². The Morgan fingerprint density at radius 1 is 0.926 bits per heavy atom. The van der Waals surface area contributed by atoms with Crippen LogP contribution in [0.1, 0.15) is 5.56 Å². The van der Waals surface area contributed by atoms with Crippen molar-refractivity contribution in [1.29, 1.82) is 0 Å². The number of aromatic nitrogens is 2. The van der Waals surface area contributed by atoms with E-state index in [0.717, 1.165) is 43.9 Å². The molecule has 27 heavy (non-hydrogen) atoms. The van der Waals surface area contributed by atoms with Gasteiger partial charge in [-0.1, -0.05) is 42.5 Å². The van der Waals surface area contributed by atoms with Crippen LogP contribution in [0, 0.1) is 0 Å². The number of para-hydroxylation sites is 2. The smallest absolute Gasteiger partial charge is 0.229 e. The Morgan fingerprint density at radius 2 is 1.63 bits per heavy atom. The van der Waals surface area contributed by atoms with E-state index < -0.39 is 9.84 Å². The summed E-state index contributed by atoms with van der Waals surface area (Å²) < 4.78 is 33.5. The number of hydrogen-bond acceptors (Lipinski definition) is 5. The summed E-state index contributed by atoms with van der Waals surface area (Å²) in [5, 5.41) is 0.154. The van der Waals surface area contributed by atoms with Crippen LogP contribution in [0.4, 0.5) is 0 Å². The molecular formula is C20H23N3O3S. The minimum absolute atomic E-state index is 0.0469. The molecular weight excluding hydrogens is 362 g/mol. The van der Waals surface area contributed by atoms with Gasteiger partial charge in [0.05, 0.1) is 30.0 Å². The molecule has 0 bridgehead atoms. The summed E-state index contributed by atoms with van der Waals surface area (Å²) in [6, 6.07) is 16.9. The van der Waals surface area contributed by atoms with Crippen LogP contribution in [0.15, 0.2) is 59.8 Å². The Kier molecular flexibility index (Phi) is 5.24. The molecule has 6 nitrogen and oxygen atoms in total. The van der Waals surface area contributed by atoms with Crippen molar-refractivity contribution in [3.63, 3.8) is 0 Å². The van der Waals surface area contributed by atoms with Crippen molar-refractivity contribution in [2.75, 3.05) is 32.8 Å². The zero-order valence-corrected chi connectivity index (χ0v) is 15.9. The highest BCUT2D eigenvalue weighted by Crippen LogP contribution is 2.22. The van der Waals surface area contributed by atoms with Gasteiger partial charge in [-0.25, -0.2) is 13.4 Å². The number of nitrogens with zero attached hydrogens (tertiary/aromatic N) is 3. The lowest BCUT2D eigenvalue weighted by molar-refractivity contribution is 0.0362. The van der Waals surface area contributed by atoms with E-state index in [1.165, 1.54) is 0 Å². The van der Waals surface area contributed by atoms with E-state index in [0.29, 0.717) is 12.1 Å². The lowest BCUT2D eigenvalue weighted by Crippen LogP contribution is -2.38. The number of morpholine rings is 1. The number of ether oxygens (including phenoxy) is 1. The topological polar surface area (TPSA) is 64.4 Å². The van der Waals surface area contributed by atoms with Crippen LogP contribution >= 0.6 is 0 Å². The van der Waals surface area contributed by atoms with E-state index in [2.05, 4.69) is 9.88 Å². The summed E-state index contributed by atoms with van der Waals surface area (Å²) in [4.78, 5) is 6.77. The van der Waals surface area contributed by atoms with Gasteiger partial charge in [-0.05, 0) is 17.7 Å². The number of benzene rings is 2. The molecule has 7 heteroatoms. The molecule has 1 aliphatic heterocycles. The van der Waals surface area contributed by atoms with Crippen molar-refractivity contribution < 1.29 is 13.2 Å². The second-order valence-corrected chi connectivity index (χ2v) is 8.62. The predicted octanol–water partition coefficient (Wildman–Crippen LogP) is 2.34. The molecule has 4 rings (SSSR count). The summed E-state index contributed by atoms with van der Waals surface area (Å²) in [6.45, 7) is 4.56. The molecule has 0 spiro atoms. The van der Waals surface area contributed by atoms with Gasteiger partial charge in [0, 0.05) is 26.2 Å². The average molecular weight is 385 g/mol. The van der Waals surface area contributed by atoms with Gasteiger partial charge < -0.3 is 9.30 Å². The normalized spacial score (nSPS) is 16.0. The van der Waals surface area contributed by atoms with Crippen LogP contribution in [-0.2, 0) is 26.9 Å². The Bertz CT molecular complexity index is 1010. The number of imidazole rings is 1. The molecule has 1 aromatic heterocycles. The van der Waals surface area contributed by atoms with Crippen LogP contribution in [0.5, 0.6) is 0 Å². The van der Waals surface area contributed by atoms with E-state index in [9.17, 15) is 8.42 Å². The second kappa shape index (κ2) is 7.80. The summed E-state index contributed by atoms with van der Waals surface area (Å²) >= 11 is 0. The predicted molar refractivity (Wildman–Crippen MR) is 104 cm³/mol. The molecule has 1 saturated heterocycles. The first-order valence-electron chi connectivity index (χ1n) is 9.15. The van der Waals surface area contributed by atoms with Crippen molar-refractivity contribution in [3.8, 4) is 0 Å². The first-order chi connectivity index (χ1) is 13.1. The summed E-state index contributed by atoms with van der Waals surface area (Å²) in [5.41, 5.74) is 2.34. The molecule has 3 aromatic rings. The third-order valence-corrected chi connectivity index (χ3v) is 6.42. The van der Waals surface area contributed by atoms with Crippen molar-refractivity contribution >= 4 is 20.9 Å². The van der Waals surface area contributed by atoms with E-state index in [4.69, 9.17) is 4.74 Å². The van der Waals surface area contributed by atoms with E-state index >= 15 is 0 Å². The monoisotopic (exact) mass is 385 g/mol. The molecule has 0 N–H and O–H groups in total. The molecule has 0 aliphatic carbocycles. The van der Waals surface area contributed by atoms with Gasteiger partial charge in [0.25, 0.3) is 0 Å². The van der Waals surface area contributed by atoms with Gasteiger partial charge in [-0.3, -0.25) is 4.90 Å². The highest BCUT2D eigenvalue weighted by molar-refractivity contribution is 7.90. The average Bonchev–Trinajstić information content (AvgIpc) is 3.07. The van der Waals surface area contributed by atoms with Crippen molar-refractivity contribution in [1.82, 2.24) is 14.5 Å². The van der Waals surface area contributed by atoms with Gasteiger partial charge in [-0.15, -0.1) is 0 Å². The highest BCUT2D eigenvalue weighted by atomic mass is 32.2. The quantitative estimate of drug-likeness (QED) is 0.652. The third kappa shape index (κ3) is 4.05. The second-order valence-electron chi connectivity index (χ2n) is 6.73. The molecule has 0 atom stereocenters. The molecule has 0 radical (unpaired) electrons. The van der Waals surface area contributed by atoms with E-state index in [1.807, 2.05) is 59.2 Å². The number of fused-ring (bicyclic) bond motifs is 1. The first kappa shape index (κ1) is 18.2. The fourth-order valence-electron chi connectivity index (χ4n) is 3.43. The van der Waals surface area contributed by atoms with Crippen LogP contribution in [0.25, 0.3) is 11.0 Å². The molecule has 2 heterocycles. The van der Waals surface area contributed by atoms with Gasteiger partial charge in [0.2, 0.25) is 15.0 Å². The van der Waals surface area contributed by atoms with Crippen molar-refractivity contribution in [2.24, 2.45) is 0 Å². The molecule has 1 fully saturated rings. The lowest BCUT2D eigenvalue weighted by atomic mass is 10.2. The summed E-state index contributed by atoms with van der Waals surface area (Å²) in [6.07, 6.45) is 0. The maximum absolute atomic E-state index is 13.1. The van der Waals surface area contributed by atoms with Crippen LogP contribution < -0.4 is 0 Å². The number of sulfone groups is 1. The molecule has 142 valence electrons. The fraction of sp³-hybridized carbons (Fsp3) is 0.350. The highest BCUT2D eigenvalue weighted by Gasteiger charge is 2.24. The summed E-state index contributed by atoms with van der Waals surface area (Å²) in [7, 11) is -3.55. The van der Waals surface area contributed by atoms with Gasteiger partial charge in [-0.2, -0.15) is 0 Å². The third-order valence-electron chi connectivity index (χ3n) is 4.84. The largest absolute Gasteiger partial charge is 0.379 e. The number of rotatable bonds is 6. The molecule has 1 aliphatic rings. The zero-order valence-electron chi connectivity index (χ0n) is 15.1. The van der Waals surface area contributed by atoms with E-state index in [1.54, 1.807) is 0 Å². The Labute approximate surface area is 159 Å². The van der Waals surface area contributed by atoms with Crippen molar-refractivity contribution in [2.45, 2.75) is 17.5 Å². The number of hydrogen-bond donors (Lipinski definition) is 0. The van der Waals surface area contributed by atoms with Gasteiger partial charge >= 0.3 is 0 Å². The first-order valence-corrected chi connectivity index (χ1v) is 10.8. The fourth-order valence-corrected chi connectivity index (χ4v) is 4.95. The molecule has 0 amide bonds. The SMILES string of the molecule is O=S(=O)(Cc1ccccc1)c1nc2ccccc2n1CCN1CCOCC1. The van der Waals surface area contributed by atoms with E-state index in [-0.39, 0.29) is 10.9 Å². The molecule has 0 unspecified atom stereocenters. The Hall–Kier alpha value is -2.22. The van der Waals surface area contributed by atoms with Crippen molar-refractivity contribution in [3.05, 3.63) is 60.2 Å². The van der Waals surface area contributed by atoms with Gasteiger partial charge in [0.1, 0.15) is 0 Å². The van der Waals surface area contributed by atoms with Crippen LogP contribution in [0.3, 0.4) is 0 Å². The van der Waals surface area contributed by atoms with Gasteiger partial charge in [0.15, 0.2) is 0 Å². The summed E-state index contributed by atoms with van der Waals surface area (Å²) in [5.74, 6) is -0.0469. The maximum atomic E-state index is 13.1. The minimum Gasteiger partial charge on any atom is -0.379 e. The molecule has 0 saturated carbocycles.